The molecule has 0 aliphatic carbocycles. The average molecular weight is 454 g/mol. The summed E-state index contributed by atoms with van der Waals surface area (Å²) in [6.07, 6.45) is 3.17. The van der Waals surface area contributed by atoms with E-state index in [2.05, 4.69) is 4.72 Å². The third kappa shape index (κ3) is 5.89. The van der Waals surface area contributed by atoms with E-state index < -0.39 is 42.7 Å². The summed E-state index contributed by atoms with van der Waals surface area (Å²) in [6.45, 7) is 0.645. The molecule has 1 fully saturated rings. The quantitative estimate of drug-likeness (QED) is 0.608. The third-order valence-corrected chi connectivity index (χ3v) is 7.80. The van der Waals surface area contributed by atoms with Crippen molar-refractivity contribution in [3.63, 3.8) is 0 Å². The Kier molecular flexibility index (Phi) is 7.85. The molecule has 1 aromatic rings. The predicted octanol–water partition coefficient (Wildman–Crippen LogP) is 0.330. The van der Waals surface area contributed by atoms with E-state index in [0.717, 1.165) is 18.4 Å². The Balaban J connectivity index is 2.15. The number of thioether (sulfide) groups is 1. The number of hydrogen-bond donors (Lipinski definition) is 1. The van der Waals surface area contributed by atoms with E-state index in [4.69, 9.17) is 0 Å². The summed E-state index contributed by atoms with van der Waals surface area (Å²) >= 11 is 1.46. The Morgan fingerprint density at radius 1 is 1.18 bits per heavy atom. The Bertz CT molecular complexity index is 900. The fourth-order valence-electron chi connectivity index (χ4n) is 2.84. The van der Waals surface area contributed by atoms with Gasteiger partial charge in [-0.25, -0.2) is 21.2 Å². The van der Waals surface area contributed by atoms with Crippen molar-refractivity contribution in [2.75, 3.05) is 44.4 Å². The number of halogens is 1. The van der Waals surface area contributed by atoms with Crippen LogP contribution in [0.4, 0.5) is 4.39 Å². The lowest BCUT2D eigenvalue weighted by Crippen LogP contribution is -2.55. The van der Waals surface area contributed by atoms with Crippen molar-refractivity contribution in [3.8, 4) is 0 Å². The summed E-state index contributed by atoms with van der Waals surface area (Å²) < 4.78 is 65.9. The van der Waals surface area contributed by atoms with Crippen molar-refractivity contribution in [2.24, 2.45) is 0 Å². The molecule has 158 valence electrons. The van der Waals surface area contributed by atoms with Gasteiger partial charge in [0.2, 0.25) is 26.0 Å². The van der Waals surface area contributed by atoms with Crippen LogP contribution in [0.3, 0.4) is 0 Å². The van der Waals surface area contributed by atoms with Gasteiger partial charge in [-0.1, -0.05) is 12.1 Å². The van der Waals surface area contributed by atoms with Crippen LogP contribution in [0, 0.1) is 5.82 Å². The number of benzene rings is 1. The molecule has 0 aromatic heterocycles. The second-order valence-corrected chi connectivity index (χ2v) is 11.0. The molecule has 2 rings (SSSR count). The molecular weight excluding hydrogens is 429 g/mol. The van der Waals surface area contributed by atoms with Crippen LogP contribution in [-0.4, -0.2) is 82.4 Å². The molecule has 28 heavy (non-hydrogen) atoms. The number of carbonyl (C=O) groups excluding carboxylic acids is 1. The van der Waals surface area contributed by atoms with E-state index in [1.807, 2.05) is 6.26 Å². The van der Waals surface area contributed by atoms with E-state index in [0.29, 0.717) is 5.75 Å². The molecule has 8 nitrogen and oxygen atoms in total. The number of nitrogens with zero attached hydrogens (tertiary/aromatic N) is 2. The van der Waals surface area contributed by atoms with E-state index >= 15 is 0 Å². The largest absolute Gasteiger partial charge is 0.339 e. The second kappa shape index (κ2) is 9.53. The van der Waals surface area contributed by atoms with Gasteiger partial charge in [-0.15, -0.1) is 0 Å². The van der Waals surface area contributed by atoms with Crippen LogP contribution in [0.5, 0.6) is 0 Å². The molecule has 0 saturated carbocycles. The van der Waals surface area contributed by atoms with Gasteiger partial charge in [-0.2, -0.15) is 20.8 Å². The fourth-order valence-corrected chi connectivity index (χ4v) is 5.44. The molecule has 1 atom stereocenters. The Morgan fingerprint density at radius 2 is 1.79 bits per heavy atom. The predicted molar refractivity (Wildman–Crippen MR) is 107 cm³/mol. The lowest BCUT2D eigenvalue weighted by molar-refractivity contribution is -0.134. The molecule has 1 aromatic carbocycles. The Labute approximate surface area is 169 Å². The Hall–Kier alpha value is -1.21. The number of piperazine rings is 1. The standard InChI is InChI=1S/C16H24FN3O5S3/c1-26-12-7-14(18-28(24,25)15-6-4-3-5-13(15)17)16(21)19-8-10-20(11-9-19)27(2,22)23/h3-6,14,18H,7-12H2,1-2H3. The zero-order valence-corrected chi connectivity index (χ0v) is 18.1. The lowest BCUT2D eigenvalue weighted by Gasteiger charge is -2.35. The molecule has 0 bridgehead atoms. The molecule has 1 aliphatic rings. The molecule has 1 heterocycles. The number of sulfonamides is 2. The van der Waals surface area contributed by atoms with E-state index in [9.17, 15) is 26.0 Å². The smallest absolute Gasteiger partial charge is 0.244 e. The van der Waals surface area contributed by atoms with Gasteiger partial charge in [-0.3, -0.25) is 4.79 Å². The molecule has 1 amide bonds. The maximum absolute atomic E-state index is 13.9. The van der Waals surface area contributed by atoms with E-state index in [1.165, 1.54) is 33.1 Å². The van der Waals surface area contributed by atoms with Crippen LogP contribution in [0.2, 0.25) is 0 Å². The highest BCUT2D eigenvalue weighted by molar-refractivity contribution is 7.98. The lowest BCUT2D eigenvalue weighted by atomic mass is 10.2. The normalized spacial score (nSPS) is 17.5. The number of nitrogens with one attached hydrogen (secondary N) is 1. The number of amides is 1. The van der Waals surface area contributed by atoms with Crippen LogP contribution in [0.1, 0.15) is 6.42 Å². The van der Waals surface area contributed by atoms with Gasteiger partial charge in [-0.05, 0) is 30.6 Å². The minimum absolute atomic E-state index is 0.153. The molecule has 1 aliphatic heterocycles. The van der Waals surface area contributed by atoms with Crippen molar-refractivity contribution in [2.45, 2.75) is 17.4 Å². The maximum atomic E-state index is 13.9. The van der Waals surface area contributed by atoms with Crippen molar-refractivity contribution >= 4 is 37.7 Å². The maximum Gasteiger partial charge on any atom is 0.244 e. The zero-order chi connectivity index (χ0) is 20.9. The van der Waals surface area contributed by atoms with Crippen LogP contribution in [0.25, 0.3) is 0 Å². The molecular formula is C16H24FN3O5S3. The minimum atomic E-state index is -4.23. The highest BCUT2D eigenvalue weighted by Crippen LogP contribution is 2.16. The van der Waals surface area contributed by atoms with Crippen LogP contribution in [0.15, 0.2) is 29.2 Å². The number of hydrogen-bond acceptors (Lipinski definition) is 6. The first-order valence-corrected chi connectivity index (χ1v) is 13.3. The molecule has 0 radical (unpaired) electrons. The summed E-state index contributed by atoms with van der Waals surface area (Å²) in [5.41, 5.74) is 0. The van der Waals surface area contributed by atoms with Gasteiger partial charge < -0.3 is 4.90 Å². The van der Waals surface area contributed by atoms with Crippen LogP contribution >= 0.6 is 11.8 Å². The molecule has 12 heteroatoms. The van der Waals surface area contributed by atoms with Gasteiger partial charge in [0, 0.05) is 26.2 Å². The summed E-state index contributed by atoms with van der Waals surface area (Å²) in [6, 6.07) is 3.91. The monoisotopic (exact) mass is 453 g/mol. The van der Waals surface area contributed by atoms with Crippen LogP contribution in [-0.2, 0) is 24.8 Å². The molecule has 1 unspecified atom stereocenters. The SMILES string of the molecule is CSCCC(NS(=O)(=O)c1ccccc1F)C(=O)N1CCN(S(C)(=O)=O)CC1. The van der Waals surface area contributed by atoms with Gasteiger partial charge in [0.1, 0.15) is 16.8 Å². The van der Waals surface area contributed by atoms with Crippen LogP contribution < -0.4 is 4.72 Å². The van der Waals surface area contributed by atoms with Crippen molar-refractivity contribution in [1.82, 2.24) is 13.9 Å². The number of rotatable bonds is 8. The summed E-state index contributed by atoms with van der Waals surface area (Å²) in [4.78, 5) is 13.8. The second-order valence-electron chi connectivity index (χ2n) is 6.37. The highest BCUT2D eigenvalue weighted by atomic mass is 32.2. The van der Waals surface area contributed by atoms with Gasteiger partial charge in [0.05, 0.1) is 6.26 Å². The fraction of sp³-hybridized carbons (Fsp3) is 0.562. The first-order chi connectivity index (χ1) is 13.1. The van der Waals surface area contributed by atoms with Crippen molar-refractivity contribution in [3.05, 3.63) is 30.1 Å². The summed E-state index contributed by atoms with van der Waals surface area (Å²) in [5.74, 6) is -0.811. The topological polar surface area (TPSA) is 104 Å². The summed E-state index contributed by atoms with van der Waals surface area (Å²) in [7, 11) is -7.57. The average Bonchev–Trinajstić information content (AvgIpc) is 2.64. The molecule has 1 N–H and O–H groups in total. The van der Waals surface area contributed by atoms with E-state index in [1.54, 1.807) is 0 Å². The Morgan fingerprint density at radius 3 is 2.32 bits per heavy atom. The molecule has 0 spiro atoms. The number of carbonyl (C=O) groups is 1. The van der Waals surface area contributed by atoms with Gasteiger partial charge >= 0.3 is 0 Å². The third-order valence-electron chi connectivity index (χ3n) is 4.35. The van der Waals surface area contributed by atoms with Crippen molar-refractivity contribution in [1.29, 1.82) is 0 Å². The van der Waals surface area contributed by atoms with Crippen molar-refractivity contribution < 1.29 is 26.0 Å². The zero-order valence-electron chi connectivity index (χ0n) is 15.7. The van der Waals surface area contributed by atoms with Gasteiger partial charge in [0.25, 0.3) is 0 Å². The molecule has 1 saturated heterocycles. The first kappa shape index (κ1) is 23.1. The first-order valence-electron chi connectivity index (χ1n) is 8.56. The van der Waals surface area contributed by atoms with Gasteiger partial charge in [0.15, 0.2) is 0 Å². The summed E-state index contributed by atoms with van der Waals surface area (Å²) in [5, 5.41) is 0. The minimum Gasteiger partial charge on any atom is -0.339 e. The highest BCUT2D eigenvalue weighted by Gasteiger charge is 2.33. The van der Waals surface area contributed by atoms with E-state index in [-0.39, 0.29) is 32.6 Å².